The summed E-state index contributed by atoms with van der Waals surface area (Å²) in [5.41, 5.74) is 8.76. The topological polar surface area (TPSA) is 86.3 Å². The van der Waals surface area contributed by atoms with E-state index in [0.29, 0.717) is 64.8 Å². The molecule has 3 heterocycles. The van der Waals surface area contributed by atoms with Crippen LogP contribution in [0.1, 0.15) is 16.2 Å². The minimum absolute atomic E-state index is 0.211. The number of benzene rings is 2. The monoisotopic (exact) mass is 439 g/mol. The fourth-order valence-electron chi connectivity index (χ4n) is 4.13. The van der Waals surface area contributed by atoms with E-state index in [1.54, 1.807) is 25.1 Å². The minimum atomic E-state index is -0.568. The van der Waals surface area contributed by atoms with Gasteiger partial charge in [-0.2, -0.15) is 0 Å². The number of carbonyl (C=O) groups excluding carboxylic acids is 1. The van der Waals surface area contributed by atoms with E-state index in [9.17, 15) is 9.18 Å². The molecule has 1 aliphatic rings. The highest BCUT2D eigenvalue weighted by molar-refractivity contribution is 6.33. The number of rotatable bonds is 3. The van der Waals surface area contributed by atoms with Crippen LogP contribution >= 0.6 is 11.6 Å². The Morgan fingerprint density at radius 1 is 1.23 bits per heavy atom. The maximum absolute atomic E-state index is 14.4. The minimum Gasteiger partial charge on any atom is -0.378 e. The van der Waals surface area contributed by atoms with E-state index >= 15 is 0 Å². The van der Waals surface area contributed by atoms with Gasteiger partial charge in [0.1, 0.15) is 22.7 Å². The van der Waals surface area contributed by atoms with E-state index in [0.717, 1.165) is 5.69 Å². The molecule has 5 rings (SSSR count). The molecular weight excluding hydrogens is 421 g/mol. The Hall–Kier alpha value is -3.23. The van der Waals surface area contributed by atoms with Crippen molar-refractivity contribution in [3.63, 3.8) is 0 Å². The number of para-hydroxylation sites is 1. The highest BCUT2D eigenvalue weighted by Crippen LogP contribution is 2.35. The smallest absolute Gasteiger partial charge is 0.251 e. The van der Waals surface area contributed by atoms with Crippen LogP contribution in [0.25, 0.3) is 27.6 Å². The maximum Gasteiger partial charge on any atom is 0.251 e. The van der Waals surface area contributed by atoms with Gasteiger partial charge in [0.25, 0.3) is 5.91 Å². The molecule has 2 N–H and O–H groups in total. The van der Waals surface area contributed by atoms with Gasteiger partial charge in [-0.3, -0.25) is 14.3 Å². The van der Waals surface area contributed by atoms with Crippen molar-refractivity contribution in [2.24, 2.45) is 5.73 Å². The molecule has 1 amide bonds. The number of aromatic nitrogens is 3. The van der Waals surface area contributed by atoms with Gasteiger partial charge in [-0.05, 0) is 25.1 Å². The van der Waals surface area contributed by atoms with Crippen LogP contribution in [-0.2, 0) is 4.74 Å². The molecule has 0 unspecified atom stereocenters. The van der Waals surface area contributed by atoms with Gasteiger partial charge in [-0.25, -0.2) is 9.37 Å². The van der Waals surface area contributed by atoms with Gasteiger partial charge in [-0.1, -0.05) is 23.7 Å². The summed E-state index contributed by atoms with van der Waals surface area (Å²) in [6.45, 7) is 4.40. The van der Waals surface area contributed by atoms with Crippen LogP contribution in [0.2, 0.25) is 5.02 Å². The first kappa shape index (κ1) is 19.7. The number of pyridine rings is 1. The molecule has 158 valence electrons. The summed E-state index contributed by atoms with van der Waals surface area (Å²) in [6, 6.07) is 8.45. The number of carbonyl (C=O) groups is 1. The Morgan fingerprint density at radius 2 is 2.00 bits per heavy atom. The number of ether oxygens (including phenoxy) is 1. The second-order valence-electron chi connectivity index (χ2n) is 7.41. The first-order valence-corrected chi connectivity index (χ1v) is 10.2. The van der Waals surface area contributed by atoms with Crippen LogP contribution in [0.4, 0.5) is 10.1 Å². The van der Waals surface area contributed by atoms with Crippen molar-refractivity contribution >= 4 is 45.1 Å². The molecule has 4 aromatic rings. The molecule has 1 aliphatic heterocycles. The van der Waals surface area contributed by atoms with Gasteiger partial charge in [-0.15, -0.1) is 0 Å². The van der Waals surface area contributed by atoms with Gasteiger partial charge in [0.15, 0.2) is 0 Å². The summed E-state index contributed by atoms with van der Waals surface area (Å²) in [7, 11) is 0. The lowest BCUT2D eigenvalue weighted by atomic mass is 10.1. The number of nitrogens with two attached hydrogens (primary N) is 1. The second-order valence-corrected chi connectivity index (χ2v) is 7.82. The van der Waals surface area contributed by atoms with Crippen molar-refractivity contribution in [1.82, 2.24) is 14.5 Å². The van der Waals surface area contributed by atoms with Gasteiger partial charge >= 0.3 is 0 Å². The van der Waals surface area contributed by atoms with Crippen LogP contribution < -0.4 is 10.6 Å². The number of anilines is 1. The lowest BCUT2D eigenvalue weighted by Gasteiger charge is -2.29. The Bertz CT molecular complexity index is 1350. The number of aryl methyl sites for hydroxylation is 1. The van der Waals surface area contributed by atoms with E-state index in [4.69, 9.17) is 22.1 Å². The summed E-state index contributed by atoms with van der Waals surface area (Å²) in [5, 5.41) is 0.894. The number of fused-ring (bicyclic) bond motifs is 2. The SMILES string of the molecule is Cc1nc2c(C(N)=O)cc(N3CCOCC3)cc2n1-c1c(Cl)cnc2c(F)cccc12. The van der Waals surface area contributed by atoms with Crippen LogP contribution in [0, 0.1) is 12.7 Å². The van der Waals surface area contributed by atoms with Crippen molar-refractivity contribution in [3.8, 4) is 5.69 Å². The van der Waals surface area contributed by atoms with E-state index in [1.165, 1.54) is 12.3 Å². The predicted molar refractivity (Wildman–Crippen MR) is 118 cm³/mol. The van der Waals surface area contributed by atoms with Crippen LogP contribution in [0.15, 0.2) is 36.5 Å². The lowest BCUT2D eigenvalue weighted by Crippen LogP contribution is -2.36. The quantitative estimate of drug-likeness (QED) is 0.527. The normalized spacial score (nSPS) is 14.5. The zero-order valence-electron chi connectivity index (χ0n) is 16.7. The van der Waals surface area contributed by atoms with Crippen molar-refractivity contribution in [3.05, 3.63) is 58.8 Å². The summed E-state index contributed by atoms with van der Waals surface area (Å²) >= 11 is 6.56. The van der Waals surface area contributed by atoms with Crippen molar-refractivity contribution < 1.29 is 13.9 Å². The number of hydrogen-bond donors (Lipinski definition) is 1. The third kappa shape index (κ3) is 3.19. The second kappa shape index (κ2) is 7.47. The molecule has 2 aromatic carbocycles. The number of primary amides is 1. The maximum atomic E-state index is 14.4. The van der Waals surface area contributed by atoms with E-state index in [-0.39, 0.29) is 5.52 Å². The van der Waals surface area contributed by atoms with Crippen molar-refractivity contribution in [1.29, 1.82) is 0 Å². The third-order valence-corrected chi connectivity index (χ3v) is 5.83. The van der Waals surface area contributed by atoms with Gasteiger partial charge in [0.2, 0.25) is 0 Å². The van der Waals surface area contributed by atoms with Gasteiger partial charge < -0.3 is 15.4 Å². The Morgan fingerprint density at radius 3 is 2.74 bits per heavy atom. The highest BCUT2D eigenvalue weighted by atomic mass is 35.5. The summed E-state index contributed by atoms with van der Waals surface area (Å²) in [4.78, 5) is 23.2. The fourth-order valence-corrected chi connectivity index (χ4v) is 4.36. The lowest BCUT2D eigenvalue weighted by molar-refractivity contribution is 0.100. The average molecular weight is 440 g/mol. The van der Waals surface area contributed by atoms with Crippen LogP contribution in [0.5, 0.6) is 0 Å². The summed E-state index contributed by atoms with van der Waals surface area (Å²) in [6.07, 6.45) is 1.42. The molecule has 0 radical (unpaired) electrons. The average Bonchev–Trinajstić information content (AvgIpc) is 3.09. The molecule has 0 spiro atoms. The Kier molecular flexibility index (Phi) is 4.75. The summed E-state index contributed by atoms with van der Waals surface area (Å²) in [5.74, 6) is -0.416. The Balaban J connectivity index is 1.85. The van der Waals surface area contributed by atoms with E-state index < -0.39 is 11.7 Å². The Labute approximate surface area is 182 Å². The highest BCUT2D eigenvalue weighted by Gasteiger charge is 2.23. The molecule has 31 heavy (non-hydrogen) atoms. The zero-order valence-corrected chi connectivity index (χ0v) is 17.5. The molecule has 1 saturated heterocycles. The van der Waals surface area contributed by atoms with Crippen LogP contribution in [-0.4, -0.2) is 46.7 Å². The molecule has 0 aliphatic carbocycles. The number of amides is 1. The molecular formula is C22H19ClFN5O2. The van der Waals surface area contributed by atoms with Crippen molar-refractivity contribution in [2.45, 2.75) is 6.92 Å². The molecule has 0 bridgehead atoms. The number of hydrogen-bond acceptors (Lipinski definition) is 5. The zero-order chi connectivity index (χ0) is 21.7. The van der Waals surface area contributed by atoms with Gasteiger partial charge in [0.05, 0.1) is 35.0 Å². The fraction of sp³-hybridized carbons (Fsp3) is 0.227. The molecule has 0 saturated carbocycles. The van der Waals surface area contributed by atoms with Crippen LogP contribution in [0.3, 0.4) is 0 Å². The largest absolute Gasteiger partial charge is 0.378 e. The van der Waals surface area contributed by atoms with Gasteiger partial charge in [0, 0.05) is 30.4 Å². The number of morpholine rings is 1. The standard InChI is InChI=1S/C22H19ClFN5O2/c1-12-27-20-15(22(25)30)9-13(28-5-7-31-8-6-28)10-18(20)29(12)21-14-3-2-4-17(24)19(14)26-11-16(21)23/h2-4,9-11H,5-8H2,1H3,(H2,25,30). The third-order valence-electron chi connectivity index (χ3n) is 5.55. The predicted octanol–water partition coefficient (Wildman–Crippen LogP) is 3.61. The molecule has 9 heteroatoms. The number of halogens is 2. The first-order chi connectivity index (χ1) is 15.0. The number of imidazole rings is 1. The van der Waals surface area contributed by atoms with Crippen molar-refractivity contribution in [2.75, 3.05) is 31.2 Å². The molecule has 2 aromatic heterocycles. The molecule has 7 nitrogen and oxygen atoms in total. The van der Waals surface area contributed by atoms with E-state index in [2.05, 4.69) is 14.9 Å². The molecule has 0 atom stereocenters. The summed E-state index contributed by atoms with van der Waals surface area (Å²) < 4.78 is 21.7. The molecule has 1 fully saturated rings. The first-order valence-electron chi connectivity index (χ1n) is 9.84. The van der Waals surface area contributed by atoms with E-state index in [1.807, 2.05) is 10.6 Å². The number of nitrogens with zero attached hydrogens (tertiary/aromatic N) is 4.